The lowest BCUT2D eigenvalue weighted by Gasteiger charge is -2.70. The molecule has 3 fully saturated rings. The highest BCUT2D eigenvalue weighted by molar-refractivity contribution is 6.09. The number of nitrogens with zero attached hydrogens (tertiary/aromatic N) is 1. The largest absolute Gasteiger partial charge is 0.452 e. The van der Waals surface area contributed by atoms with Gasteiger partial charge in [0.05, 0.1) is 16.8 Å². The molecule has 8 rings (SSSR count). The Morgan fingerprint density at radius 1 is 0.868 bits per heavy atom. The first-order valence-electron chi connectivity index (χ1n) is 19.4. The number of ketones is 1. The first kappa shape index (κ1) is 35.4. The third-order valence-electron chi connectivity index (χ3n) is 15.1. The van der Waals surface area contributed by atoms with Crippen LogP contribution in [0.2, 0.25) is 0 Å². The van der Waals surface area contributed by atoms with Crippen molar-refractivity contribution >= 4 is 29.2 Å². The molecular formula is C47H51NO5. The van der Waals surface area contributed by atoms with E-state index in [0.29, 0.717) is 11.5 Å². The average molecular weight is 710 g/mol. The van der Waals surface area contributed by atoms with Crippen molar-refractivity contribution in [3.05, 3.63) is 106 Å². The van der Waals surface area contributed by atoms with Gasteiger partial charge in [-0.05, 0) is 134 Å². The maximum atomic E-state index is 14.2. The lowest BCUT2D eigenvalue weighted by Crippen LogP contribution is -2.62. The summed E-state index contributed by atoms with van der Waals surface area (Å²) >= 11 is 0. The number of aryl methyl sites for hydroxylation is 2. The summed E-state index contributed by atoms with van der Waals surface area (Å²) in [6.07, 6.45) is 19.3. The molecule has 6 aliphatic rings. The monoisotopic (exact) mass is 709 g/mol. The van der Waals surface area contributed by atoms with Crippen molar-refractivity contribution in [2.24, 2.45) is 33.0 Å². The van der Waals surface area contributed by atoms with Gasteiger partial charge in [-0.2, -0.15) is 0 Å². The fraction of sp³-hybridized carbons (Fsp3) is 0.468. The number of amides is 1. The number of allylic oxidation sites excluding steroid dienone is 7. The third kappa shape index (κ3) is 5.09. The molecule has 2 aromatic rings. The minimum Gasteiger partial charge on any atom is -0.452 e. The van der Waals surface area contributed by atoms with Gasteiger partial charge in [-0.25, -0.2) is 9.69 Å². The van der Waals surface area contributed by atoms with Crippen LogP contribution in [0.5, 0.6) is 0 Å². The summed E-state index contributed by atoms with van der Waals surface area (Å²) in [6.45, 7) is 13.7. The molecule has 6 nitrogen and oxygen atoms in total. The molecule has 0 radical (unpaired) electrons. The number of anilines is 2. The zero-order valence-corrected chi connectivity index (χ0v) is 32.1. The van der Waals surface area contributed by atoms with Crippen molar-refractivity contribution < 1.29 is 23.9 Å². The molecule has 0 N–H and O–H groups in total. The van der Waals surface area contributed by atoms with Crippen molar-refractivity contribution in [3.63, 3.8) is 0 Å². The number of ether oxygens (including phenoxy) is 2. The minimum atomic E-state index is -0.584. The Balaban J connectivity index is 1.14. The van der Waals surface area contributed by atoms with Gasteiger partial charge in [0.2, 0.25) is 5.78 Å². The molecule has 53 heavy (non-hydrogen) atoms. The van der Waals surface area contributed by atoms with E-state index in [1.165, 1.54) is 5.57 Å². The highest BCUT2D eigenvalue weighted by Gasteiger charge is 2.67. The molecule has 1 heterocycles. The van der Waals surface area contributed by atoms with Gasteiger partial charge in [-0.1, -0.05) is 87.7 Å². The molecule has 0 spiro atoms. The van der Waals surface area contributed by atoms with E-state index in [-0.39, 0.29) is 45.8 Å². The Bertz CT molecular complexity index is 2080. The van der Waals surface area contributed by atoms with E-state index in [0.717, 1.165) is 91.4 Å². The smallest absolute Gasteiger partial charge is 0.424 e. The number of benzene rings is 2. The third-order valence-corrected chi connectivity index (χ3v) is 15.1. The van der Waals surface area contributed by atoms with E-state index in [1.807, 2.05) is 43.3 Å². The van der Waals surface area contributed by atoms with Crippen molar-refractivity contribution in [1.29, 1.82) is 0 Å². The summed E-state index contributed by atoms with van der Waals surface area (Å²) in [7, 11) is 0. The van der Waals surface area contributed by atoms with E-state index in [1.54, 1.807) is 11.0 Å². The quantitative estimate of drug-likeness (QED) is 0.234. The van der Waals surface area contributed by atoms with Crippen LogP contribution >= 0.6 is 0 Å². The van der Waals surface area contributed by atoms with Crippen LogP contribution in [-0.2, 0) is 31.9 Å². The maximum absolute atomic E-state index is 14.2. The van der Waals surface area contributed by atoms with Crippen LogP contribution in [0.15, 0.2) is 94.8 Å². The van der Waals surface area contributed by atoms with E-state index in [4.69, 9.17) is 15.9 Å². The molecule has 6 heteroatoms. The fourth-order valence-corrected chi connectivity index (χ4v) is 11.7. The van der Waals surface area contributed by atoms with Crippen LogP contribution in [0, 0.1) is 45.3 Å². The van der Waals surface area contributed by atoms with Crippen LogP contribution in [0.3, 0.4) is 0 Å². The number of carbonyl (C=O) groups excluding carboxylic acids is 3. The molecule has 3 saturated carbocycles. The van der Waals surface area contributed by atoms with Gasteiger partial charge < -0.3 is 9.47 Å². The molecule has 1 amide bonds. The number of hydrogen-bond acceptors (Lipinski definition) is 5. The normalized spacial score (nSPS) is 34.2. The number of carbonyl (C=O) groups is 3. The molecule has 0 saturated heterocycles. The Labute approximate surface area is 314 Å². The van der Waals surface area contributed by atoms with Crippen LogP contribution in [-0.4, -0.2) is 24.5 Å². The standard InChI is InChI=1S/C47H51NO5/c1-8-27-52-41(50)44(4)22-21-43(3)23-25-46(6)38-20-19-33-30(2)40(37(49)28-34(33)45(38,5)24-26-47(46,7)39(43)29-44)53-42(51)48-35-15-11-9-13-31(35)17-18-32-14-10-12-16-36(32)48/h1,9-16,19-20,28,39H,17-18,21-27,29H2,2-7H3/t39-,43-,44-,45+,46-,47+/m1/s1. The summed E-state index contributed by atoms with van der Waals surface area (Å²) in [5, 5.41) is 0. The molecular weight excluding hydrogens is 659 g/mol. The number of hydrogen-bond donors (Lipinski definition) is 0. The highest BCUT2D eigenvalue weighted by atomic mass is 16.6. The molecule has 274 valence electrons. The predicted octanol–water partition coefficient (Wildman–Crippen LogP) is 10.3. The van der Waals surface area contributed by atoms with Crippen molar-refractivity contribution in [3.8, 4) is 12.3 Å². The first-order valence-corrected chi connectivity index (χ1v) is 19.4. The zero-order chi connectivity index (χ0) is 37.6. The molecule has 1 aliphatic heterocycles. The van der Waals surface area contributed by atoms with E-state index < -0.39 is 11.5 Å². The number of esters is 1. The Morgan fingerprint density at radius 2 is 1.51 bits per heavy atom. The van der Waals surface area contributed by atoms with Gasteiger partial charge in [0.15, 0.2) is 12.4 Å². The van der Waals surface area contributed by atoms with E-state index in [2.05, 4.69) is 64.8 Å². The fourth-order valence-electron chi connectivity index (χ4n) is 11.7. The van der Waals surface area contributed by atoms with Gasteiger partial charge in [0, 0.05) is 11.0 Å². The summed E-state index contributed by atoms with van der Waals surface area (Å²) in [4.78, 5) is 43.4. The van der Waals surface area contributed by atoms with E-state index >= 15 is 0 Å². The number of rotatable bonds is 3. The molecule has 0 aromatic heterocycles. The van der Waals surface area contributed by atoms with Gasteiger partial charge >= 0.3 is 12.1 Å². The number of para-hydroxylation sites is 2. The SMILES string of the molecule is C#CCOC(=O)[C@]1(C)CC[C@]2(C)CC[C@]3(C)C4=CC=C5C(=CC(=O)C(OC(=O)N6c7ccccc7CCc7ccccc76)=C5C)[C@]4(C)CC[C@@]3(C)[C@@H]2C1. The van der Waals surface area contributed by atoms with Gasteiger partial charge in [-0.15, -0.1) is 6.42 Å². The molecule has 5 aliphatic carbocycles. The molecule has 2 aromatic carbocycles. The summed E-state index contributed by atoms with van der Waals surface area (Å²) in [5.41, 5.74) is 6.74. The zero-order valence-electron chi connectivity index (χ0n) is 32.1. The molecule has 0 unspecified atom stereocenters. The summed E-state index contributed by atoms with van der Waals surface area (Å²) in [5.74, 6) is 2.43. The van der Waals surface area contributed by atoms with Crippen LogP contribution in [0.25, 0.3) is 0 Å². The second-order valence-corrected chi connectivity index (χ2v) is 17.8. The molecule has 6 atom stereocenters. The lowest BCUT2D eigenvalue weighted by molar-refractivity contribution is -0.181. The van der Waals surface area contributed by atoms with Gasteiger partial charge in [-0.3, -0.25) is 9.59 Å². The number of terminal acetylenes is 1. The van der Waals surface area contributed by atoms with Crippen molar-refractivity contribution in [2.45, 2.75) is 99.3 Å². The second-order valence-electron chi connectivity index (χ2n) is 17.8. The summed E-state index contributed by atoms with van der Waals surface area (Å²) in [6, 6.07) is 15.8. The number of fused-ring (bicyclic) bond motifs is 9. The average Bonchev–Trinajstić information content (AvgIpc) is 3.31. The highest BCUT2D eigenvalue weighted by Crippen LogP contribution is 2.75. The van der Waals surface area contributed by atoms with Gasteiger partial charge in [0.25, 0.3) is 0 Å². The van der Waals surface area contributed by atoms with Gasteiger partial charge in [0.1, 0.15) is 0 Å². The summed E-state index contributed by atoms with van der Waals surface area (Å²) < 4.78 is 11.7. The van der Waals surface area contributed by atoms with Crippen LogP contribution < -0.4 is 4.90 Å². The minimum absolute atomic E-state index is 0.00797. The Kier molecular flexibility index (Phi) is 8.15. The van der Waals surface area contributed by atoms with Crippen molar-refractivity contribution in [1.82, 2.24) is 0 Å². The van der Waals surface area contributed by atoms with Crippen molar-refractivity contribution in [2.75, 3.05) is 11.5 Å². The lowest BCUT2D eigenvalue weighted by atomic mass is 9.34. The van der Waals surface area contributed by atoms with Crippen LogP contribution in [0.1, 0.15) is 97.6 Å². The maximum Gasteiger partial charge on any atom is 0.424 e. The molecule has 0 bridgehead atoms. The predicted molar refractivity (Wildman–Crippen MR) is 207 cm³/mol. The second kappa shape index (κ2) is 12.2. The Hall–Kier alpha value is -4.63. The first-order chi connectivity index (χ1) is 25.2. The Morgan fingerprint density at radius 3 is 2.17 bits per heavy atom. The van der Waals surface area contributed by atoms with E-state index in [9.17, 15) is 14.4 Å². The van der Waals surface area contributed by atoms with Crippen LogP contribution in [0.4, 0.5) is 16.2 Å². The topological polar surface area (TPSA) is 72.9 Å².